The van der Waals surface area contributed by atoms with Crippen molar-refractivity contribution in [2.45, 2.75) is 31.4 Å². The van der Waals surface area contributed by atoms with Crippen LogP contribution in [0.25, 0.3) is 0 Å². The van der Waals surface area contributed by atoms with Crippen LogP contribution in [0.3, 0.4) is 0 Å². The molecule has 0 saturated heterocycles. The Morgan fingerprint density at radius 1 is 1.19 bits per heavy atom. The maximum atomic E-state index is 13.4. The van der Waals surface area contributed by atoms with Gasteiger partial charge in [0.05, 0.1) is 18.1 Å². The van der Waals surface area contributed by atoms with Gasteiger partial charge in [-0.1, -0.05) is 31.0 Å². The lowest BCUT2D eigenvalue weighted by atomic mass is 9.73. The SMILES string of the molecule is C#Cc1ccc(CC(CC)(C(=O)O)c2ccc(OC)c(C(F)(F)F)c2)cc1. The molecule has 1 atom stereocenters. The fraction of sp³-hybridized carbons (Fsp3) is 0.286. The Morgan fingerprint density at radius 3 is 2.26 bits per heavy atom. The highest BCUT2D eigenvalue weighted by Crippen LogP contribution is 2.41. The van der Waals surface area contributed by atoms with Crippen LogP contribution in [-0.4, -0.2) is 18.2 Å². The van der Waals surface area contributed by atoms with Crippen LogP contribution in [0.15, 0.2) is 42.5 Å². The minimum atomic E-state index is -4.66. The standard InChI is InChI=1S/C21H19F3O3/c1-4-14-6-8-15(9-7-14)13-20(5-2,19(25)26)16-10-11-18(27-3)17(12-16)21(22,23)24/h1,6-12H,5,13H2,2-3H3,(H,25,26). The second-order valence-corrected chi connectivity index (χ2v) is 6.17. The largest absolute Gasteiger partial charge is 0.496 e. The van der Waals surface area contributed by atoms with E-state index in [1.54, 1.807) is 31.2 Å². The number of carbonyl (C=O) groups is 1. The molecule has 142 valence electrons. The number of methoxy groups -OCH3 is 1. The molecule has 0 saturated carbocycles. The molecule has 0 amide bonds. The second-order valence-electron chi connectivity index (χ2n) is 6.17. The van der Waals surface area contributed by atoms with E-state index in [0.29, 0.717) is 11.1 Å². The summed E-state index contributed by atoms with van der Waals surface area (Å²) in [7, 11) is 1.14. The van der Waals surface area contributed by atoms with Crippen LogP contribution in [0.2, 0.25) is 0 Å². The minimum Gasteiger partial charge on any atom is -0.496 e. The summed E-state index contributed by atoms with van der Waals surface area (Å²) in [5.74, 6) is 0.929. The van der Waals surface area contributed by atoms with E-state index in [1.165, 1.54) is 6.07 Å². The first-order valence-corrected chi connectivity index (χ1v) is 8.22. The number of hydrogen-bond acceptors (Lipinski definition) is 2. The van der Waals surface area contributed by atoms with E-state index in [1.807, 2.05) is 0 Å². The van der Waals surface area contributed by atoms with Gasteiger partial charge in [-0.15, -0.1) is 6.42 Å². The summed E-state index contributed by atoms with van der Waals surface area (Å²) in [5.41, 5.74) is -1.12. The summed E-state index contributed by atoms with van der Waals surface area (Å²) in [5, 5.41) is 9.91. The highest BCUT2D eigenvalue weighted by molar-refractivity contribution is 5.82. The Hall–Kier alpha value is -2.94. The van der Waals surface area contributed by atoms with Gasteiger partial charge in [-0.2, -0.15) is 13.2 Å². The molecule has 0 aromatic heterocycles. The molecule has 0 spiro atoms. The smallest absolute Gasteiger partial charge is 0.419 e. The maximum absolute atomic E-state index is 13.4. The first kappa shape index (κ1) is 20.4. The molecule has 0 bridgehead atoms. The van der Waals surface area contributed by atoms with Gasteiger partial charge in [0.2, 0.25) is 0 Å². The maximum Gasteiger partial charge on any atom is 0.419 e. The lowest BCUT2D eigenvalue weighted by Crippen LogP contribution is -2.38. The molecule has 0 radical (unpaired) electrons. The topological polar surface area (TPSA) is 46.5 Å². The molecule has 0 heterocycles. The third-order valence-electron chi connectivity index (χ3n) is 4.70. The number of halogens is 3. The molecule has 0 aliphatic rings. The zero-order valence-electron chi connectivity index (χ0n) is 14.9. The zero-order valence-corrected chi connectivity index (χ0v) is 14.9. The summed E-state index contributed by atoms with van der Waals surface area (Å²) < 4.78 is 44.9. The number of aliphatic carboxylic acids is 1. The Kier molecular flexibility index (Phi) is 5.85. The van der Waals surface area contributed by atoms with Gasteiger partial charge in [-0.25, -0.2) is 0 Å². The molecule has 1 unspecified atom stereocenters. The number of ether oxygens (including phenoxy) is 1. The van der Waals surface area contributed by atoms with Gasteiger partial charge in [-0.3, -0.25) is 4.79 Å². The van der Waals surface area contributed by atoms with E-state index in [-0.39, 0.29) is 24.2 Å². The van der Waals surface area contributed by atoms with Crippen molar-refractivity contribution in [3.8, 4) is 18.1 Å². The molecule has 2 aromatic rings. The summed E-state index contributed by atoms with van der Waals surface area (Å²) in [6, 6.07) is 10.1. The molecule has 0 aliphatic heterocycles. The molecule has 6 heteroatoms. The van der Waals surface area contributed by atoms with Crippen LogP contribution in [0, 0.1) is 12.3 Å². The number of carboxylic acid groups (broad SMARTS) is 1. The van der Waals surface area contributed by atoms with E-state index in [2.05, 4.69) is 5.92 Å². The van der Waals surface area contributed by atoms with Gasteiger partial charge in [0.25, 0.3) is 0 Å². The van der Waals surface area contributed by atoms with Crippen LogP contribution >= 0.6 is 0 Å². The van der Waals surface area contributed by atoms with Crippen molar-refractivity contribution < 1.29 is 27.8 Å². The summed E-state index contributed by atoms with van der Waals surface area (Å²) in [6.45, 7) is 1.64. The fourth-order valence-corrected chi connectivity index (χ4v) is 3.08. The predicted molar refractivity (Wildman–Crippen MR) is 95.7 cm³/mol. The Morgan fingerprint density at radius 2 is 1.81 bits per heavy atom. The average molecular weight is 376 g/mol. The highest BCUT2D eigenvalue weighted by atomic mass is 19.4. The van der Waals surface area contributed by atoms with E-state index < -0.39 is 23.1 Å². The number of hydrogen-bond donors (Lipinski definition) is 1. The van der Waals surface area contributed by atoms with Crippen LogP contribution in [0.1, 0.15) is 35.6 Å². The second kappa shape index (κ2) is 7.75. The summed E-state index contributed by atoms with van der Waals surface area (Å²) in [6.07, 6.45) is 0.805. The van der Waals surface area contributed by atoms with Gasteiger partial charge in [-0.05, 0) is 48.2 Å². The quantitative estimate of drug-likeness (QED) is 0.746. The third kappa shape index (κ3) is 4.08. The van der Waals surface area contributed by atoms with Crippen molar-refractivity contribution in [3.05, 3.63) is 64.7 Å². The van der Waals surface area contributed by atoms with Crippen molar-refractivity contribution >= 4 is 5.97 Å². The first-order chi connectivity index (χ1) is 12.7. The summed E-state index contributed by atoms with van der Waals surface area (Å²) >= 11 is 0. The van der Waals surface area contributed by atoms with E-state index >= 15 is 0 Å². The molecule has 3 nitrogen and oxygen atoms in total. The summed E-state index contributed by atoms with van der Waals surface area (Å²) in [4.78, 5) is 12.2. The van der Waals surface area contributed by atoms with Crippen molar-refractivity contribution in [1.82, 2.24) is 0 Å². The van der Waals surface area contributed by atoms with Crippen molar-refractivity contribution in [1.29, 1.82) is 0 Å². The van der Waals surface area contributed by atoms with E-state index in [4.69, 9.17) is 11.2 Å². The third-order valence-corrected chi connectivity index (χ3v) is 4.70. The molecule has 0 fully saturated rings. The minimum absolute atomic E-state index is 0.0350. The van der Waals surface area contributed by atoms with Crippen molar-refractivity contribution in [2.24, 2.45) is 0 Å². The lowest BCUT2D eigenvalue weighted by Gasteiger charge is -2.30. The number of carboxylic acids is 1. The number of rotatable bonds is 6. The van der Waals surface area contributed by atoms with Gasteiger partial charge >= 0.3 is 12.1 Å². The average Bonchev–Trinajstić information content (AvgIpc) is 2.65. The molecule has 0 aliphatic carbocycles. The van der Waals surface area contributed by atoms with Gasteiger partial charge in [0.1, 0.15) is 5.75 Å². The molecular formula is C21H19F3O3. The Balaban J connectivity index is 2.58. The number of alkyl halides is 3. The van der Waals surface area contributed by atoms with E-state index in [0.717, 1.165) is 19.2 Å². The fourth-order valence-electron chi connectivity index (χ4n) is 3.08. The van der Waals surface area contributed by atoms with Crippen LogP contribution < -0.4 is 4.74 Å². The molecule has 2 rings (SSSR count). The zero-order chi connectivity index (χ0) is 20.2. The van der Waals surface area contributed by atoms with Crippen molar-refractivity contribution in [3.63, 3.8) is 0 Å². The lowest BCUT2D eigenvalue weighted by molar-refractivity contribution is -0.145. The number of benzene rings is 2. The van der Waals surface area contributed by atoms with Crippen LogP contribution in [0.4, 0.5) is 13.2 Å². The normalized spacial score (nSPS) is 13.5. The molecular weight excluding hydrogens is 357 g/mol. The molecule has 1 N–H and O–H groups in total. The van der Waals surface area contributed by atoms with Crippen LogP contribution in [0.5, 0.6) is 5.75 Å². The Labute approximate surface area is 155 Å². The van der Waals surface area contributed by atoms with Gasteiger partial charge < -0.3 is 9.84 Å². The number of terminal acetylenes is 1. The Bertz CT molecular complexity index is 864. The van der Waals surface area contributed by atoms with Crippen LogP contribution in [-0.2, 0) is 22.8 Å². The van der Waals surface area contributed by atoms with Crippen molar-refractivity contribution in [2.75, 3.05) is 7.11 Å². The highest BCUT2D eigenvalue weighted by Gasteiger charge is 2.42. The van der Waals surface area contributed by atoms with Gasteiger partial charge in [0, 0.05) is 5.56 Å². The van der Waals surface area contributed by atoms with E-state index in [9.17, 15) is 23.1 Å². The first-order valence-electron chi connectivity index (χ1n) is 8.22. The van der Waals surface area contributed by atoms with Gasteiger partial charge in [0.15, 0.2) is 0 Å². The molecule has 27 heavy (non-hydrogen) atoms. The monoisotopic (exact) mass is 376 g/mol. The molecule has 2 aromatic carbocycles. The predicted octanol–water partition coefficient (Wildman–Crippen LogP) is 4.67.